The predicted octanol–water partition coefficient (Wildman–Crippen LogP) is 4.98. The van der Waals surface area contributed by atoms with Crippen molar-refractivity contribution < 1.29 is 13.6 Å². The highest BCUT2D eigenvalue weighted by Crippen LogP contribution is 2.26. The molecule has 4 rings (SSSR count). The van der Waals surface area contributed by atoms with Crippen molar-refractivity contribution in [3.05, 3.63) is 107 Å². The van der Waals surface area contributed by atoms with Crippen molar-refractivity contribution in [2.45, 2.75) is 12.5 Å². The predicted molar refractivity (Wildman–Crippen MR) is 111 cm³/mol. The molecule has 0 saturated carbocycles. The van der Waals surface area contributed by atoms with Gasteiger partial charge in [-0.15, -0.1) is 10.2 Å². The van der Waals surface area contributed by atoms with Gasteiger partial charge >= 0.3 is 0 Å². The van der Waals surface area contributed by atoms with Crippen LogP contribution in [0.3, 0.4) is 0 Å². The minimum Gasteiger partial charge on any atom is -0.418 e. The van der Waals surface area contributed by atoms with E-state index < -0.39 is 6.04 Å². The van der Waals surface area contributed by atoms with Crippen LogP contribution in [0.5, 0.6) is 0 Å². The van der Waals surface area contributed by atoms with Crippen LogP contribution in [0.15, 0.2) is 83.3 Å². The van der Waals surface area contributed by atoms with E-state index in [0.29, 0.717) is 16.5 Å². The SMILES string of the molecule is O=C(Cc1cccc(F)c1)NC(c1ccccc1)c1nnc(-c2ccc(Cl)cc2)o1. The number of hydrogen-bond donors (Lipinski definition) is 1. The molecule has 1 atom stereocenters. The first-order valence-corrected chi connectivity index (χ1v) is 9.64. The molecule has 1 unspecified atom stereocenters. The number of carbonyl (C=O) groups excluding carboxylic acids is 1. The number of aromatic nitrogens is 2. The van der Waals surface area contributed by atoms with Crippen LogP contribution in [0, 0.1) is 5.82 Å². The normalized spacial score (nSPS) is 11.8. The average molecular weight is 422 g/mol. The molecule has 7 heteroatoms. The minimum absolute atomic E-state index is 0.0271. The Morgan fingerprint density at radius 2 is 1.77 bits per heavy atom. The molecule has 5 nitrogen and oxygen atoms in total. The Bertz CT molecular complexity index is 1150. The molecule has 30 heavy (non-hydrogen) atoms. The lowest BCUT2D eigenvalue weighted by atomic mass is 10.1. The van der Waals surface area contributed by atoms with E-state index in [0.717, 1.165) is 11.1 Å². The number of amides is 1. The van der Waals surface area contributed by atoms with Crippen LogP contribution in [0.25, 0.3) is 11.5 Å². The first kappa shape index (κ1) is 19.8. The fourth-order valence-electron chi connectivity index (χ4n) is 3.04. The molecule has 0 saturated heterocycles. The summed E-state index contributed by atoms with van der Waals surface area (Å²) in [5.41, 5.74) is 2.08. The maximum atomic E-state index is 13.4. The van der Waals surface area contributed by atoms with Gasteiger partial charge in [0.2, 0.25) is 17.7 Å². The molecule has 0 aliphatic heterocycles. The quantitative estimate of drug-likeness (QED) is 0.477. The van der Waals surface area contributed by atoms with Gasteiger partial charge in [-0.3, -0.25) is 4.79 Å². The fraction of sp³-hybridized carbons (Fsp3) is 0.0870. The summed E-state index contributed by atoms with van der Waals surface area (Å²) in [6.07, 6.45) is 0.0271. The second kappa shape index (κ2) is 8.88. The smallest absolute Gasteiger partial charge is 0.247 e. The van der Waals surface area contributed by atoms with E-state index in [-0.39, 0.29) is 24.0 Å². The van der Waals surface area contributed by atoms with Gasteiger partial charge in [-0.1, -0.05) is 54.1 Å². The molecule has 0 aliphatic carbocycles. The molecular weight excluding hydrogens is 405 g/mol. The molecule has 150 valence electrons. The zero-order valence-electron chi connectivity index (χ0n) is 15.8. The number of carbonyl (C=O) groups is 1. The third kappa shape index (κ3) is 4.72. The van der Waals surface area contributed by atoms with Gasteiger partial charge in [0.1, 0.15) is 11.9 Å². The van der Waals surface area contributed by atoms with Crippen LogP contribution < -0.4 is 5.32 Å². The molecule has 1 heterocycles. The molecule has 0 radical (unpaired) electrons. The summed E-state index contributed by atoms with van der Waals surface area (Å²) in [5, 5.41) is 11.8. The van der Waals surface area contributed by atoms with Crippen LogP contribution in [-0.2, 0) is 11.2 Å². The first-order valence-electron chi connectivity index (χ1n) is 9.26. The Morgan fingerprint density at radius 1 is 1.00 bits per heavy atom. The lowest BCUT2D eigenvalue weighted by Crippen LogP contribution is -2.30. The summed E-state index contributed by atoms with van der Waals surface area (Å²) in [4.78, 5) is 12.7. The summed E-state index contributed by atoms with van der Waals surface area (Å²) in [6.45, 7) is 0. The summed E-state index contributed by atoms with van der Waals surface area (Å²) >= 11 is 5.93. The van der Waals surface area contributed by atoms with Gasteiger partial charge in [-0.25, -0.2) is 4.39 Å². The average Bonchev–Trinajstić information content (AvgIpc) is 3.23. The molecule has 0 aliphatic rings. The van der Waals surface area contributed by atoms with Gasteiger partial charge in [0, 0.05) is 10.6 Å². The van der Waals surface area contributed by atoms with Gasteiger partial charge in [0.15, 0.2) is 0 Å². The second-order valence-electron chi connectivity index (χ2n) is 6.67. The van der Waals surface area contributed by atoms with Crippen LogP contribution in [-0.4, -0.2) is 16.1 Å². The number of rotatable bonds is 6. The summed E-state index contributed by atoms with van der Waals surface area (Å²) in [7, 11) is 0. The zero-order valence-corrected chi connectivity index (χ0v) is 16.5. The van der Waals surface area contributed by atoms with Gasteiger partial charge in [-0.05, 0) is 47.5 Å². The zero-order chi connectivity index (χ0) is 20.9. The number of halogens is 2. The number of nitrogens with zero attached hydrogens (tertiary/aromatic N) is 2. The Morgan fingerprint density at radius 3 is 2.50 bits per heavy atom. The van der Waals surface area contributed by atoms with Crippen molar-refractivity contribution in [2.75, 3.05) is 0 Å². The largest absolute Gasteiger partial charge is 0.418 e. The van der Waals surface area contributed by atoms with E-state index in [9.17, 15) is 9.18 Å². The summed E-state index contributed by atoms with van der Waals surface area (Å²) in [6, 6.07) is 21.6. The maximum absolute atomic E-state index is 13.4. The first-order chi connectivity index (χ1) is 14.6. The molecule has 1 amide bonds. The van der Waals surface area contributed by atoms with E-state index >= 15 is 0 Å². The Labute approximate surface area is 177 Å². The molecule has 0 spiro atoms. The monoisotopic (exact) mass is 421 g/mol. The van der Waals surface area contributed by atoms with Crippen LogP contribution in [0.2, 0.25) is 5.02 Å². The van der Waals surface area contributed by atoms with Crippen molar-refractivity contribution >= 4 is 17.5 Å². The summed E-state index contributed by atoms with van der Waals surface area (Å²) < 4.78 is 19.3. The lowest BCUT2D eigenvalue weighted by Gasteiger charge is -2.16. The van der Waals surface area contributed by atoms with Gasteiger partial charge in [-0.2, -0.15) is 0 Å². The molecule has 0 fully saturated rings. The maximum Gasteiger partial charge on any atom is 0.247 e. The van der Waals surface area contributed by atoms with Gasteiger partial charge in [0.25, 0.3) is 0 Å². The van der Waals surface area contributed by atoms with Crippen molar-refractivity contribution in [2.24, 2.45) is 0 Å². The van der Waals surface area contributed by atoms with Gasteiger partial charge < -0.3 is 9.73 Å². The van der Waals surface area contributed by atoms with Crippen LogP contribution in [0.1, 0.15) is 23.1 Å². The van der Waals surface area contributed by atoms with Crippen LogP contribution >= 0.6 is 11.6 Å². The topological polar surface area (TPSA) is 68.0 Å². The van der Waals surface area contributed by atoms with Crippen molar-refractivity contribution in [1.82, 2.24) is 15.5 Å². The molecule has 1 aromatic heterocycles. The molecule has 1 N–H and O–H groups in total. The highest BCUT2D eigenvalue weighted by molar-refractivity contribution is 6.30. The fourth-order valence-corrected chi connectivity index (χ4v) is 3.16. The summed E-state index contributed by atoms with van der Waals surface area (Å²) in [5.74, 6) is -0.106. The Kier molecular flexibility index (Phi) is 5.86. The molecule has 4 aromatic rings. The van der Waals surface area contributed by atoms with Crippen molar-refractivity contribution in [3.63, 3.8) is 0 Å². The third-order valence-electron chi connectivity index (χ3n) is 4.47. The highest BCUT2D eigenvalue weighted by Gasteiger charge is 2.23. The standard InChI is InChI=1S/C23H17ClFN3O2/c24-18-11-9-17(10-12-18)22-27-28-23(30-22)21(16-6-2-1-3-7-16)26-20(29)14-15-5-4-8-19(25)13-15/h1-13,21H,14H2,(H,26,29). The Hall–Kier alpha value is -3.51. The van der Waals surface area contributed by atoms with E-state index in [1.807, 2.05) is 30.3 Å². The van der Waals surface area contributed by atoms with Crippen molar-refractivity contribution in [3.8, 4) is 11.5 Å². The molecular formula is C23H17ClFN3O2. The third-order valence-corrected chi connectivity index (χ3v) is 4.72. The Balaban J connectivity index is 1.59. The van der Waals surface area contributed by atoms with E-state index in [2.05, 4.69) is 15.5 Å². The van der Waals surface area contributed by atoms with Crippen LogP contribution in [0.4, 0.5) is 4.39 Å². The van der Waals surface area contributed by atoms with E-state index in [1.165, 1.54) is 12.1 Å². The minimum atomic E-state index is -0.638. The number of hydrogen-bond acceptors (Lipinski definition) is 4. The number of benzene rings is 3. The molecule has 0 bridgehead atoms. The highest BCUT2D eigenvalue weighted by atomic mass is 35.5. The van der Waals surface area contributed by atoms with E-state index in [4.69, 9.17) is 16.0 Å². The second-order valence-corrected chi connectivity index (χ2v) is 7.11. The lowest BCUT2D eigenvalue weighted by molar-refractivity contribution is -0.121. The van der Waals surface area contributed by atoms with Crippen molar-refractivity contribution in [1.29, 1.82) is 0 Å². The molecule has 3 aromatic carbocycles. The number of nitrogens with one attached hydrogen (secondary N) is 1. The van der Waals surface area contributed by atoms with Gasteiger partial charge in [0.05, 0.1) is 6.42 Å². The van der Waals surface area contributed by atoms with E-state index in [1.54, 1.807) is 36.4 Å².